The van der Waals surface area contributed by atoms with Gasteiger partial charge < -0.3 is 9.64 Å². The fourth-order valence-electron chi connectivity index (χ4n) is 3.53. The molecule has 1 aliphatic rings. The Balaban J connectivity index is 1.81. The molecule has 1 aliphatic heterocycles. The largest absolute Gasteiger partial charge is 0.497 e. The number of hydrogen-bond acceptors (Lipinski definition) is 4. The number of likely N-dealkylation sites (tertiary alicyclic amines) is 1. The molecule has 2 aromatic rings. The molecule has 1 N–H and O–H groups in total. The summed E-state index contributed by atoms with van der Waals surface area (Å²) < 4.78 is 7.41. The van der Waals surface area contributed by atoms with Crippen LogP contribution >= 0.6 is 12.2 Å². The van der Waals surface area contributed by atoms with Crippen molar-refractivity contribution in [2.24, 2.45) is 11.8 Å². The molecule has 0 bridgehead atoms. The summed E-state index contributed by atoms with van der Waals surface area (Å²) in [6, 6.07) is 7.56. The van der Waals surface area contributed by atoms with Gasteiger partial charge >= 0.3 is 0 Å². The molecule has 1 amide bonds. The molecule has 25 heavy (non-hydrogen) atoms. The molecule has 1 aromatic carbocycles. The van der Waals surface area contributed by atoms with E-state index in [0.29, 0.717) is 22.4 Å². The number of H-pyrrole nitrogens is 1. The van der Waals surface area contributed by atoms with Gasteiger partial charge in [-0.25, -0.2) is 0 Å². The lowest BCUT2D eigenvalue weighted by molar-refractivity contribution is -0.134. The van der Waals surface area contributed by atoms with Crippen LogP contribution in [0.1, 0.15) is 20.3 Å². The Morgan fingerprint density at radius 2 is 1.92 bits per heavy atom. The first-order chi connectivity index (χ1) is 12.0. The van der Waals surface area contributed by atoms with Crippen molar-refractivity contribution in [2.45, 2.75) is 26.8 Å². The second-order valence-corrected chi connectivity index (χ2v) is 7.30. The number of nitrogens with zero attached hydrogens (tertiary/aromatic N) is 3. The van der Waals surface area contributed by atoms with Crippen molar-refractivity contribution >= 4 is 18.1 Å². The zero-order valence-corrected chi connectivity index (χ0v) is 15.7. The van der Waals surface area contributed by atoms with Gasteiger partial charge in [0, 0.05) is 18.7 Å². The summed E-state index contributed by atoms with van der Waals surface area (Å²) in [6.45, 7) is 6.22. The van der Waals surface area contributed by atoms with Gasteiger partial charge in [-0.05, 0) is 54.7 Å². The molecule has 2 unspecified atom stereocenters. The van der Waals surface area contributed by atoms with Gasteiger partial charge in [0.1, 0.15) is 12.3 Å². The summed E-state index contributed by atoms with van der Waals surface area (Å²) in [4.78, 5) is 14.7. The molecule has 7 heteroatoms. The molecule has 2 heterocycles. The normalized spacial score (nSPS) is 20.5. The van der Waals surface area contributed by atoms with Crippen LogP contribution in [-0.4, -0.2) is 45.8 Å². The third-order valence-corrected chi connectivity index (χ3v) is 4.93. The number of piperidine rings is 1. The van der Waals surface area contributed by atoms with Gasteiger partial charge in [0.2, 0.25) is 5.91 Å². The van der Waals surface area contributed by atoms with E-state index in [1.165, 1.54) is 6.42 Å². The molecule has 3 rings (SSSR count). The molecule has 0 aliphatic carbocycles. The molecule has 0 saturated carbocycles. The molecular weight excluding hydrogens is 336 g/mol. The van der Waals surface area contributed by atoms with Crippen LogP contribution in [0.25, 0.3) is 11.4 Å². The number of benzene rings is 1. The number of carbonyl (C=O) groups is 1. The molecular formula is C18H24N4O2S. The van der Waals surface area contributed by atoms with Crippen LogP contribution in [0.3, 0.4) is 0 Å². The summed E-state index contributed by atoms with van der Waals surface area (Å²) >= 11 is 5.34. The maximum Gasteiger partial charge on any atom is 0.242 e. The first-order valence-electron chi connectivity index (χ1n) is 8.55. The molecule has 0 radical (unpaired) electrons. The Morgan fingerprint density at radius 1 is 1.28 bits per heavy atom. The highest BCUT2D eigenvalue weighted by molar-refractivity contribution is 7.71. The number of rotatable bonds is 4. The summed E-state index contributed by atoms with van der Waals surface area (Å²) in [6.07, 6.45) is 1.17. The molecule has 2 atom stereocenters. The summed E-state index contributed by atoms with van der Waals surface area (Å²) in [7, 11) is 1.63. The minimum atomic E-state index is 0.0886. The first kappa shape index (κ1) is 17.7. The van der Waals surface area contributed by atoms with Gasteiger partial charge in [-0.3, -0.25) is 14.5 Å². The smallest absolute Gasteiger partial charge is 0.242 e. The van der Waals surface area contributed by atoms with E-state index >= 15 is 0 Å². The minimum absolute atomic E-state index is 0.0886. The van der Waals surface area contributed by atoms with Gasteiger partial charge in [-0.1, -0.05) is 13.8 Å². The zero-order chi connectivity index (χ0) is 18.0. The maximum absolute atomic E-state index is 12.8. The lowest BCUT2D eigenvalue weighted by Crippen LogP contribution is -2.44. The molecule has 1 saturated heterocycles. The molecule has 134 valence electrons. The number of amides is 1. The number of aromatic amines is 1. The average Bonchev–Trinajstić information content (AvgIpc) is 2.95. The topological polar surface area (TPSA) is 63.1 Å². The van der Waals surface area contributed by atoms with E-state index in [1.807, 2.05) is 29.2 Å². The van der Waals surface area contributed by atoms with E-state index in [-0.39, 0.29) is 12.5 Å². The number of hydrogen-bond donors (Lipinski definition) is 1. The van der Waals surface area contributed by atoms with Crippen LogP contribution in [0, 0.1) is 16.6 Å². The molecule has 0 spiro atoms. The number of methoxy groups -OCH3 is 1. The van der Waals surface area contributed by atoms with Gasteiger partial charge in [0.15, 0.2) is 10.6 Å². The predicted molar refractivity (Wildman–Crippen MR) is 98.9 cm³/mol. The minimum Gasteiger partial charge on any atom is -0.497 e. The number of carbonyl (C=O) groups excluding carboxylic acids is 1. The van der Waals surface area contributed by atoms with Crippen molar-refractivity contribution < 1.29 is 9.53 Å². The second kappa shape index (κ2) is 7.39. The third kappa shape index (κ3) is 3.92. The molecule has 1 fully saturated rings. The van der Waals surface area contributed by atoms with Crippen molar-refractivity contribution in [3.05, 3.63) is 29.0 Å². The summed E-state index contributed by atoms with van der Waals surface area (Å²) in [5, 5.41) is 7.11. The van der Waals surface area contributed by atoms with E-state index in [0.717, 1.165) is 24.4 Å². The lowest BCUT2D eigenvalue weighted by Gasteiger charge is -2.35. The Hall–Kier alpha value is -2.15. The monoisotopic (exact) mass is 360 g/mol. The quantitative estimate of drug-likeness (QED) is 0.851. The zero-order valence-electron chi connectivity index (χ0n) is 14.9. The second-order valence-electron chi connectivity index (χ2n) is 6.91. The van der Waals surface area contributed by atoms with E-state index in [4.69, 9.17) is 17.0 Å². The van der Waals surface area contributed by atoms with E-state index in [1.54, 1.807) is 11.7 Å². The Kier molecular flexibility index (Phi) is 5.22. The Labute approximate surface area is 152 Å². The molecule has 1 aromatic heterocycles. The maximum atomic E-state index is 12.8. The summed E-state index contributed by atoms with van der Waals surface area (Å²) in [5.74, 6) is 2.60. The number of aromatic nitrogens is 3. The predicted octanol–water partition coefficient (Wildman–Crippen LogP) is 3.12. The van der Waals surface area contributed by atoms with Crippen molar-refractivity contribution in [2.75, 3.05) is 20.2 Å². The SMILES string of the molecule is COc1ccc(-c2n[nH]c(=S)n2CC(=O)N2CC(C)CC(C)C2)cc1. The van der Waals surface area contributed by atoms with E-state index < -0.39 is 0 Å². The van der Waals surface area contributed by atoms with Crippen LogP contribution in [0.2, 0.25) is 0 Å². The van der Waals surface area contributed by atoms with E-state index in [2.05, 4.69) is 24.0 Å². The van der Waals surface area contributed by atoms with Crippen LogP contribution in [0.4, 0.5) is 0 Å². The van der Waals surface area contributed by atoms with Gasteiger partial charge in [-0.2, -0.15) is 5.10 Å². The van der Waals surface area contributed by atoms with Gasteiger partial charge in [0.05, 0.1) is 7.11 Å². The first-order valence-corrected chi connectivity index (χ1v) is 8.96. The highest BCUT2D eigenvalue weighted by atomic mass is 32.1. The fraction of sp³-hybridized carbons (Fsp3) is 0.500. The van der Waals surface area contributed by atoms with Crippen LogP contribution in [0.15, 0.2) is 24.3 Å². The van der Waals surface area contributed by atoms with Crippen molar-refractivity contribution in [3.63, 3.8) is 0 Å². The van der Waals surface area contributed by atoms with E-state index in [9.17, 15) is 4.79 Å². The Morgan fingerprint density at radius 3 is 2.52 bits per heavy atom. The summed E-state index contributed by atoms with van der Waals surface area (Å²) in [5.41, 5.74) is 0.890. The van der Waals surface area contributed by atoms with Crippen molar-refractivity contribution in [1.29, 1.82) is 0 Å². The van der Waals surface area contributed by atoms with Crippen LogP contribution in [0.5, 0.6) is 5.75 Å². The van der Waals surface area contributed by atoms with Crippen LogP contribution in [-0.2, 0) is 11.3 Å². The number of nitrogens with one attached hydrogen (secondary N) is 1. The average molecular weight is 360 g/mol. The Bertz CT molecular complexity index is 786. The van der Waals surface area contributed by atoms with Gasteiger partial charge in [0.25, 0.3) is 0 Å². The highest BCUT2D eigenvalue weighted by Gasteiger charge is 2.26. The molecule has 6 nitrogen and oxygen atoms in total. The number of ether oxygens (including phenoxy) is 1. The van der Waals surface area contributed by atoms with Gasteiger partial charge in [-0.15, -0.1) is 0 Å². The van der Waals surface area contributed by atoms with Crippen molar-refractivity contribution in [3.8, 4) is 17.1 Å². The standard InChI is InChI=1S/C18H24N4O2S/c1-12-8-13(2)10-21(9-12)16(23)11-22-17(19-20-18(22)25)14-4-6-15(24-3)7-5-14/h4-7,12-13H,8-11H2,1-3H3,(H,20,25). The fourth-order valence-corrected chi connectivity index (χ4v) is 3.72. The lowest BCUT2D eigenvalue weighted by atomic mass is 9.92. The highest BCUT2D eigenvalue weighted by Crippen LogP contribution is 2.23. The third-order valence-electron chi connectivity index (χ3n) is 4.62. The van der Waals surface area contributed by atoms with Crippen molar-refractivity contribution in [1.82, 2.24) is 19.7 Å². The van der Waals surface area contributed by atoms with Crippen LogP contribution < -0.4 is 4.74 Å².